The van der Waals surface area contributed by atoms with Gasteiger partial charge in [-0.25, -0.2) is 4.79 Å². The molecule has 1 aliphatic rings. The van der Waals surface area contributed by atoms with Crippen LogP contribution in [0.25, 0.3) is 0 Å². The third-order valence-electron chi connectivity index (χ3n) is 4.48. The molecule has 1 saturated heterocycles. The number of hydrogen-bond acceptors (Lipinski definition) is 5. The van der Waals surface area contributed by atoms with E-state index in [2.05, 4.69) is 4.90 Å². The number of carbonyl (C=O) groups is 1. The van der Waals surface area contributed by atoms with Crippen molar-refractivity contribution in [2.75, 3.05) is 45.3 Å². The van der Waals surface area contributed by atoms with Crippen molar-refractivity contribution in [3.8, 4) is 11.5 Å². The zero-order valence-corrected chi connectivity index (χ0v) is 15.2. The van der Waals surface area contributed by atoms with Gasteiger partial charge < -0.3 is 24.0 Å². The van der Waals surface area contributed by atoms with Gasteiger partial charge in [-0.05, 0) is 17.7 Å². The van der Waals surface area contributed by atoms with Gasteiger partial charge >= 0.3 is 6.09 Å². The molecule has 1 heterocycles. The van der Waals surface area contributed by atoms with Crippen LogP contribution >= 0.6 is 0 Å². The van der Waals surface area contributed by atoms with Gasteiger partial charge in [0, 0.05) is 37.9 Å². The molecule has 1 amide bonds. The predicted molar refractivity (Wildman–Crippen MR) is 100.0 cm³/mol. The molecular formula is C20H24N2O4. The minimum absolute atomic E-state index is 0.263. The Balaban J connectivity index is 1.53. The van der Waals surface area contributed by atoms with Crippen molar-refractivity contribution in [1.82, 2.24) is 4.90 Å². The van der Waals surface area contributed by atoms with Crippen LogP contribution in [0.4, 0.5) is 10.5 Å². The lowest BCUT2D eigenvalue weighted by Gasteiger charge is -2.35. The second-order valence-electron chi connectivity index (χ2n) is 6.05. The number of nitrogens with zero attached hydrogens (tertiary/aromatic N) is 2. The van der Waals surface area contributed by atoms with E-state index in [0.29, 0.717) is 31.2 Å². The van der Waals surface area contributed by atoms with Crippen molar-refractivity contribution in [2.24, 2.45) is 0 Å². The molecule has 0 atom stereocenters. The average Bonchev–Trinajstić information content (AvgIpc) is 2.72. The SMILES string of the molecule is COc1ccc(N2CCN(C(=O)OCc3ccccc3)CC2)cc1OC. The fourth-order valence-corrected chi connectivity index (χ4v) is 2.98. The predicted octanol–water partition coefficient (Wildman–Crippen LogP) is 3.16. The Bertz CT molecular complexity index is 728. The first-order valence-corrected chi connectivity index (χ1v) is 8.64. The van der Waals surface area contributed by atoms with Crippen molar-refractivity contribution in [3.63, 3.8) is 0 Å². The van der Waals surface area contributed by atoms with E-state index >= 15 is 0 Å². The van der Waals surface area contributed by atoms with Crippen LogP contribution in [0, 0.1) is 0 Å². The summed E-state index contributed by atoms with van der Waals surface area (Å²) in [5.74, 6) is 1.41. The lowest BCUT2D eigenvalue weighted by Crippen LogP contribution is -2.48. The Morgan fingerprint density at radius 2 is 1.62 bits per heavy atom. The number of methoxy groups -OCH3 is 2. The molecular weight excluding hydrogens is 332 g/mol. The lowest BCUT2D eigenvalue weighted by atomic mass is 10.2. The lowest BCUT2D eigenvalue weighted by molar-refractivity contribution is 0.0942. The van der Waals surface area contributed by atoms with Gasteiger partial charge in [-0.2, -0.15) is 0 Å². The highest BCUT2D eigenvalue weighted by molar-refractivity contribution is 5.68. The Morgan fingerprint density at radius 3 is 2.27 bits per heavy atom. The van der Waals surface area contributed by atoms with Crippen LogP contribution in [0.5, 0.6) is 11.5 Å². The molecule has 2 aromatic carbocycles. The molecule has 0 radical (unpaired) electrons. The number of carbonyl (C=O) groups excluding carboxylic acids is 1. The third-order valence-corrected chi connectivity index (χ3v) is 4.48. The molecule has 0 N–H and O–H groups in total. The minimum Gasteiger partial charge on any atom is -0.493 e. The van der Waals surface area contributed by atoms with Gasteiger partial charge in [-0.15, -0.1) is 0 Å². The smallest absolute Gasteiger partial charge is 0.410 e. The molecule has 0 unspecified atom stereocenters. The zero-order chi connectivity index (χ0) is 18.4. The van der Waals surface area contributed by atoms with Crippen LogP contribution in [0.2, 0.25) is 0 Å². The highest BCUT2D eigenvalue weighted by Gasteiger charge is 2.23. The van der Waals surface area contributed by atoms with E-state index in [1.807, 2.05) is 48.5 Å². The van der Waals surface area contributed by atoms with Gasteiger partial charge in [0.15, 0.2) is 11.5 Å². The van der Waals surface area contributed by atoms with Crippen molar-refractivity contribution < 1.29 is 19.0 Å². The second kappa shape index (κ2) is 8.47. The quantitative estimate of drug-likeness (QED) is 0.824. The molecule has 2 aromatic rings. The first-order valence-electron chi connectivity index (χ1n) is 8.64. The normalized spacial score (nSPS) is 14.1. The largest absolute Gasteiger partial charge is 0.493 e. The number of rotatable bonds is 5. The second-order valence-corrected chi connectivity index (χ2v) is 6.05. The van der Waals surface area contributed by atoms with Gasteiger partial charge in [-0.3, -0.25) is 0 Å². The van der Waals surface area contributed by atoms with E-state index < -0.39 is 0 Å². The zero-order valence-electron chi connectivity index (χ0n) is 15.2. The highest BCUT2D eigenvalue weighted by Crippen LogP contribution is 2.31. The summed E-state index contributed by atoms with van der Waals surface area (Å²) in [6.07, 6.45) is -0.263. The fraction of sp³-hybridized carbons (Fsp3) is 0.350. The maximum Gasteiger partial charge on any atom is 0.410 e. The maximum absolute atomic E-state index is 12.2. The topological polar surface area (TPSA) is 51.2 Å². The van der Waals surface area contributed by atoms with E-state index in [0.717, 1.165) is 24.3 Å². The summed E-state index contributed by atoms with van der Waals surface area (Å²) in [5.41, 5.74) is 2.05. The number of benzene rings is 2. The molecule has 26 heavy (non-hydrogen) atoms. The molecule has 6 heteroatoms. The van der Waals surface area contributed by atoms with Crippen LogP contribution in [0.1, 0.15) is 5.56 Å². The summed E-state index contributed by atoms with van der Waals surface area (Å²) in [4.78, 5) is 16.2. The Kier molecular flexibility index (Phi) is 5.84. The summed E-state index contributed by atoms with van der Waals surface area (Å²) in [7, 11) is 3.25. The average molecular weight is 356 g/mol. The number of anilines is 1. The molecule has 1 fully saturated rings. The Morgan fingerprint density at radius 1 is 0.923 bits per heavy atom. The summed E-state index contributed by atoms with van der Waals surface area (Å²) >= 11 is 0. The molecule has 6 nitrogen and oxygen atoms in total. The summed E-state index contributed by atoms with van der Waals surface area (Å²) in [6.45, 7) is 3.05. The number of hydrogen-bond donors (Lipinski definition) is 0. The van der Waals surface area contributed by atoms with Gasteiger partial charge in [0.1, 0.15) is 6.61 Å². The van der Waals surface area contributed by atoms with Crippen LogP contribution in [0.15, 0.2) is 48.5 Å². The molecule has 0 aliphatic carbocycles. The monoisotopic (exact) mass is 356 g/mol. The number of ether oxygens (including phenoxy) is 3. The van der Waals surface area contributed by atoms with Gasteiger partial charge in [0.2, 0.25) is 0 Å². The van der Waals surface area contributed by atoms with E-state index in [9.17, 15) is 4.79 Å². The van der Waals surface area contributed by atoms with Crippen LogP contribution in [-0.4, -0.2) is 51.4 Å². The standard InChI is InChI=1S/C20H24N2O4/c1-24-18-9-8-17(14-19(18)25-2)21-10-12-22(13-11-21)20(23)26-15-16-6-4-3-5-7-16/h3-9,14H,10-13,15H2,1-2H3. The molecule has 0 aromatic heterocycles. The van der Waals surface area contributed by atoms with Crippen LogP contribution in [-0.2, 0) is 11.3 Å². The van der Waals surface area contributed by atoms with E-state index in [1.165, 1.54) is 0 Å². The fourth-order valence-electron chi connectivity index (χ4n) is 2.98. The summed E-state index contributed by atoms with van der Waals surface area (Å²) in [5, 5.41) is 0. The minimum atomic E-state index is -0.263. The van der Waals surface area contributed by atoms with Crippen molar-refractivity contribution in [3.05, 3.63) is 54.1 Å². The van der Waals surface area contributed by atoms with Crippen LogP contribution in [0.3, 0.4) is 0 Å². The molecule has 1 aliphatic heterocycles. The number of piperazine rings is 1. The summed E-state index contributed by atoms with van der Waals surface area (Å²) < 4.78 is 16.0. The Hall–Kier alpha value is -2.89. The van der Waals surface area contributed by atoms with Gasteiger partial charge in [0.25, 0.3) is 0 Å². The van der Waals surface area contributed by atoms with Gasteiger partial charge in [0.05, 0.1) is 14.2 Å². The molecule has 0 spiro atoms. The van der Waals surface area contributed by atoms with Crippen molar-refractivity contribution in [2.45, 2.75) is 6.61 Å². The first-order chi connectivity index (χ1) is 12.7. The van der Waals surface area contributed by atoms with E-state index in [1.54, 1.807) is 19.1 Å². The molecule has 0 saturated carbocycles. The molecule has 138 valence electrons. The molecule has 3 rings (SSSR count). The summed E-state index contributed by atoms with van der Waals surface area (Å²) in [6, 6.07) is 15.6. The highest BCUT2D eigenvalue weighted by atomic mass is 16.6. The molecule has 0 bridgehead atoms. The number of amides is 1. The first kappa shape index (κ1) is 17.9. The maximum atomic E-state index is 12.2. The third kappa shape index (κ3) is 4.20. The van der Waals surface area contributed by atoms with E-state index in [-0.39, 0.29) is 6.09 Å². The van der Waals surface area contributed by atoms with E-state index in [4.69, 9.17) is 14.2 Å². The Labute approximate surface area is 153 Å². The van der Waals surface area contributed by atoms with Crippen molar-refractivity contribution >= 4 is 11.8 Å². The van der Waals surface area contributed by atoms with Gasteiger partial charge in [-0.1, -0.05) is 30.3 Å². The van der Waals surface area contributed by atoms with Crippen molar-refractivity contribution in [1.29, 1.82) is 0 Å². The van der Waals surface area contributed by atoms with Crippen LogP contribution < -0.4 is 14.4 Å².